The summed E-state index contributed by atoms with van der Waals surface area (Å²) in [7, 11) is 1.48. The average Bonchev–Trinajstić information content (AvgIpc) is 3.23. The van der Waals surface area contributed by atoms with Crippen molar-refractivity contribution in [1.82, 2.24) is 9.97 Å². The molecule has 0 spiro atoms. The summed E-state index contributed by atoms with van der Waals surface area (Å²) < 4.78 is 19.4. The van der Waals surface area contributed by atoms with Gasteiger partial charge in [-0.1, -0.05) is 13.3 Å². The van der Waals surface area contributed by atoms with Gasteiger partial charge in [-0.05, 0) is 89.2 Å². The van der Waals surface area contributed by atoms with Crippen LogP contribution in [0.25, 0.3) is 11.0 Å². The normalized spacial score (nSPS) is 26.4. The van der Waals surface area contributed by atoms with Gasteiger partial charge >= 0.3 is 5.97 Å². The molecule has 0 aliphatic heterocycles. The molecule has 0 bridgehead atoms. The molecule has 0 radical (unpaired) electrons. The predicted molar refractivity (Wildman–Crippen MR) is 132 cm³/mol. The summed E-state index contributed by atoms with van der Waals surface area (Å²) in [5.74, 6) is -0.201. The van der Waals surface area contributed by atoms with Crippen molar-refractivity contribution in [2.45, 2.75) is 51.4 Å². The van der Waals surface area contributed by atoms with Crippen LogP contribution in [0, 0.1) is 17.2 Å². The van der Waals surface area contributed by atoms with Crippen molar-refractivity contribution < 1.29 is 19.0 Å². The first-order chi connectivity index (χ1) is 16.2. The highest BCUT2D eigenvalue weighted by Crippen LogP contribution is 2.58. The number of ether oxygens (including phenoxy) is 1. The first kappa shape index (κ1) is 23.0. The molecule has 0 amide bonds. The fraction of sp³-hybridized carbons (Fsp3) is 0.423. The number of carbonyl (C=O) groups is 1. The Hall–Kier alpha value is -2.74. The van der Waals surface area contributed by atoms with Gasteiger partial charge in [-0.3, -0.25) is 4.79 Å². The number of aromatic amines is 1. The fourth-order valence-electron chi connectivity index (χ4n) is 6.36. The number of halogens is 2. The van der Waals surface area contributed by atoms with Gasteiger partial charge in [-0.15, -0.1) is 0 Å². The molecule has 5 rings (SSSR count). The summed E-state index contributed by atoms with van der Waals surface area (Å²) in [5, 5.41) is 9.95. The van der Waals surface area contributed by atoms with Crippen LogP contribution in [-0.4, -0.2) is 34.4 Å². The topological polar surface area (TPSA) is 87.6 Å². The zero-order valence-corrected chi connectivity index (χ0v) is 21.0. The predicted octanol–water partition coefficient (Wildman–Crippen LogP) is 6.10. The number of aliphatic imine (C=N–C) groups is 1. The van der Waals surface area contributed by atoms with Crippen molar-refractivity contribution in [1.29, 1.82) is 0 Å². The molecule has 6 nitrogen and oxygen atoms in total. The van der Waals surface area contributed by atoms with E-state index in [1.165, 1.54) is 36.6 Å². The summed E-state index contributed by atoms with van der Waals surface area (Å²) in [6.45, 7) is 4.34. The molecule has 1 saturated carbocycles. The molecule has 0 saturated heterocycles. The van der Waals surface area contributed by atoms with Gasteiger partial charge in [-0.2, -0.15) is 0 Å². The number of methoxy groups -OCH3 is 1. The number of aromatic hydroxyl groups is 1. The minimum atomic E-state index is -0.508. The number of benzene rings is 2. The van der Waals surface area contributed by atoms with E-state index in [-0.39, 0.29) is 23.1 Å². The van der Waals surface area contributed by atoms with Gasteiger partial charge in [0, 0.05) is 22.3 Å². The standard InChI is InChI=1S/C26H27BrFN3O3/c1-25-9-4-10-26(2,23(33)34-3)20(25)8-7-16-17(25)12-18(27)22-21(16)30-24(31-22)29-13-14-5-6-15(28)11-19(14)32/h5-6,11-13,20,32H,4,7-10H2,1-3H3,(H,30,31)/t20-,25-,26-/m1/s1. The number of nitrogens with one attached hydrogen (secondary N) is 1. The summed E-state index contributed by atoms with van der Waals surface area (Å²) >= 11 is 3.71. The van der Waals surface area contributed by atoms with Crippen molar-refractivity contribution in [3.63, 3.8) is 0 Å². The molecule has 34 heavy (non-hydrogen) atoms. The first-order valence-electron chi connectivity index (χ1n) is 11.5. The van der Waals surface area contributed by atoms with Crippen LogP contribution in [0.5, 0.6) is 5.75 Å². The molecular weight excluding hydrogens is 501 g/mol. The Labute approximate surface area is 205 Å². The van der Waals surface area contributed by atoms with Gasteiger partial charge in [0.15, 0.2) is 0 Å². The second-order valence-corrected chi connectivity index (χ2v) is 10.8. The Bertz CT molecular complexity index is 1340. The zero-order valence-electron chi connectivity index (χ0n) is 19.4. The van der Waals surface area contributed by atoms with E-state index in [1.54, 1.807) is 0 Å². The van der Waals surface area contributed by atoms with E-state index >= 15 is 0 Å². The van der Waals surface area contributed by atoms with Crippen LogP contribution in [0.3, 0.4) is 0 Å². The third-order valence-electron chi connectivity index (χ3n) is 8.01. The van der Waals surface area contributed by atoms with Crippen LogP contribution in [0.2, 0.25) is 0 Å². The Morgan fingerprint density at radius 1 is 1.35 bits per heavy atom. The average molecular weight is 528 g/mol. The molecule has 2 N–H and O–H groups in total. The third kappa shape index (κ3) is 3.45. The molecule has 1 fully saturated rings. The number of rotatable bonds is 3. The number of imidazole rings is 1. The second kappa shape index (κ2) is 8.18. The molecule has 0 unspecified atom stereocenters. The summed E-state index contributed by atoms with van der Waals surface area (Å²) in [4.78, 5) is 25.2. The van der Waals surface area contributed by atoms with Crippen molar-refractivity contribution >= 4 is 45.1 Å². The Morgan fingerprint density at radius 2 is 2.15 bits per heavy atom. The van der Waals surface area contributed by atoms with Crippen LogP contribution >= 0.6 is 15.9 Å². The van der Waals surface area contributed by atoms with Gasteiger partial charge in [-0.25, -0.2) is 14.4 Å². The van der Waals surface area contributed by atoms with E-state index in [0.717, 1.165) is 53.7 Å². The Morgan fingerprint density at radius 3 is 2.88 bits per heavy atom. The van der Waals surface area contributed by atoms with Crippen molar-refractivity contribution in [2.75, 3.05) is 7.11 Å². The smallest absolute Gasteiger partial charge is 0.311 e. The summed E-state index contributed by atoms with van der Waals surface area (Å²) in [6, 6.07) is 5.95. The highest BCUT2D eigenvalue weighted by molar-refractivity contribution is 9.10. The van der Waals surface area contributed by atoms with E-state index in [9.17, 15) is 14.3 Å². The van der Waals surface area contributed by atoms with Crippen LogP contribution in [0.4, 0.5) is 10.3 Å². The minimum Gasteiger partial charge on any atom is -0.507 e. The lowest BCUT2D eigenvalue weighted by molar-refractivity contribution is -0.161. The number of fused-ring (bicyclic) bond motifs is 5. The molecular formula is C26H27BrFN3O3. The number of hydrogen-bond donors (Lipinski definition) is 2. The first-order valence-corrected chi connectivity index (χ1v) is 12.3. The number of H-pyrrole nitrogens is 1. The van der Waals surface area contributed by atoms with Crippen LogP contribution < -0.4 is 0 Å². The lowest BCUT2D eigenvalue weighted by Gasteiger charge is -2.54. The number of aryl methyl sites for hydroxylation is 1. The summed E-state index contributed by atoms with van der Waals surface area (Å²) in [6.07, 6.45) is 6.01. The van der Waals surface area contributed by atoms with Crippen LogP contribution in [-0.2, 0) is 21.4 Å². The highest BCUT2D eigenvalue weighted by atomic mass is 79.9. The van der Waals surface area contributed by atoms with E-state index in [2.05, 4.69) is 50.8 Å². The number of aromatic nitrogens is 2. The maximum Gasteiger partial charge on any atom is 0.311 e. The van der Waals surface area contributed by atoms with Crippen LogP contribution in [0.15, 0.2) is 33.7 Å². The number of phenolic OH excluding ortho intramolecular Hbond substituents is 1. The van der Waals surface area contributed by atoms with E-state index < -0.39 is 11.2 Å². The SMILES string of the molecule is COC(=O)[C@]1(C)CCC[C@]2(C)c3cc(Br)c4nc(N=Cc5ccc(F)cc5O)[nH]c4c3CC[C@@H]12. The molecule has 2 aliphatic rings. The largest absolute Gasteiger partial charge is 0.507 e. The lowest BCUT2D eigenvalue weighted by Crippen LogP contribution is -2.52. The highest BCUT2D eigenvalue weighted by Gasteiger charge is 2.56. The quantitative estimate of drug-likeness (QED) is 0.318. The zero-order chi connectivity index (χ0) is 24.3. The second-order valence-electron chi connectivity index (χ2n) is 9.90. The third-order valence-corrected chi connectivity index (χ3v) is 8.62. The maximum absolute atomic E-state index is 13.3. The van der Waals surface area contributed by atoms with E-state index in [4.69, 9.17) is 4.74 Å². The number of carbonyl (C=O) groups excluding carboxylic acids is 1. The van der Waals surface area contributed by atoms with Gasteiger partial charge in [0.1, 0.15) is 17.1 Å². The lowest BCUT2D eigenvalue weighted by atomic mass is 9.50. The fourth-order valence-corrected chi connectivity index (χ4v) is 6.87. The molecule has 2 aliphatic carbocycles. The van der Waals surface area contributed by atoms with Gasteiger partial charge in [0.2, 0.25) is 5.95 Å². The minimum absolute atomic E-state index is 0.116. The summed E-state index contributed by atoms with van der Waals surface area (Å²) in [5.41, 5.74) is 3.94. The number of phenols is 1. The molecule has 8 heteroatoms. The van der Waals surface area contributed by atoms with Crippen molar-refractivity contribution in [2.24, 2.45) is 16.3 Å². The molecule has 3 atom stereocenters. The van der Waals surface area contributed by atoms with Gasteiger partial charge < -0.3 is 14.8 Å². The molecule has 178 valence electrons. The van der Waals surface area contributed by atoms with Crippen LogP contribution in [0.1, 0.15) is 56.2 Å². The van der Waals surface area contributed by atoms with Crippen molar-refractivity contribution in [3.8, 4) is 5.75 Å². The van der Waals surface area contributed by atoms with Crippen molar-refractivity contribution in [3.05, 3.63) is 51.2 Å². The van der Waals surface area contributed by atoms with Gasteiger partial charge in [0.05, 0.1) is 18.0 Å². The molecule has 1 aromatic heterocycles. The van der Waals surface area contributed by atoms with E-state index in [0.29, 0.717) is 11.5 Å². The number of nitrogens with zero attached hydrogens (tertiary/aromatic N) is 2. The van der Waals surface area contributed by atoms with E-state index in [1.807, 2.05) is 0 Å². The number of hydrogen-bond acceptors (Lipinski definition) is 5. The maximum atomic E-state index is 13.3. The molecule has 3 aromatic rings. The Balaban J connectivity index is 1.57. The monoisotopic (exact) mass is 527 g/mol. The number of esters is 1. The Kier molecular flexibility index (Phi) is 5.54. The van der Waals surface area contributed by atoms with Gasteiger partial charge in [0.25, 0.3) is 0 Å². The molecule has 1 heterocycles. The molecule has 2 aromatic carbocycles.